The van der Waals surface area contributed by atoms with Gasteiger partial charge in [0.1, 0.15) is 18.0 Å². The molecule has 0 saturated heterocycles. The molecule has 0 aliphatic rings. The Morgan fingerprint density at radius 2 is 2.00 bits per heavy atom. The zero-order valence-electron chi connectivity index (χ0n) is 21.9. The number of aryl methyl sites for hydroxylation is 1. The number of nitrogens with zero attached hydrogens (tertiary/aromatic N) is 5. The van der Waals surface area contributed by atoms with Gasteiger partial charge >= 0.3 is 6.61 Å². The van der Waals surface area contributed by atoms with Gasteiger partial charge in [-0.25, -0.2) is 14.2 Å². The van der Waals surface area contributed by atoms with E-state index in [1.54, 1.807) is 35.3 Å². The molecule has 204 valence electrons. The number of benzene rings is 1. The molecule has 0 spiro atoms. The fourth-order valence-electron chi connectivity index (χ4n) is 4.14. The molecule has 1 amide bonds. The van der Waals surface area contributed by atoms with Gasteiger partial charge in [0.05, 0.1) is 23.8 Å². The van der Waals surface area contributed by atoms with Crippen LogP contribution in [0.5, 0.6) is 5.75 Å². The summed E-state index contributed by atoms with van der Waals surface area (Å²) in [6.45, 7) is 6.29. The highest BCUT2D eigenvalue weighted by atomic mass is 32.1. The monoisotopic (exact) mass is 570 g/mol. The predicted octanol–water partition coefficient (Wildman–Crippen LogP) is 6.28. The van der Waals surface area contributed by atoms with Crippen LogP contribution in [0.2, 0.25) is 25.7 Å². The van der Waals surface area contributed by atoms with Crippen LogP contribution >= 0.6 is 11.3 Å². The van der Waals surface area contributed by atoms with Crippen molar-refractivity contribution in [1.29, 1.82) is 0 Å². The fourth-order valence-corrected chi connectivity index (χ4v) is 5.84. The average molecular weight is 571 g/mol. The highest BCUT2D eigenvalue weighted by Crippen LogP contribution is 2.41. The number of halogens is 2. The molecule has 5 aromatic rings. The Balaban J connectivity index is 1.56. The van der Waals surface area contributed by atoms with Crippen molar-refractivity contribution in [3.05, 3.63) is 59.5 Å². The van der Waals surface area contributed by atoms with Gasteiger partial charge in [-0.15, -0.1) is 11.3 Å². The molecule has 1 aromatic carbocycles. The zero-order chi connectivity index (χ0) is 27.7. The van der Waals surface area contributed by atoms with Crippen molar-refractivity contribution in [2.24, 2.45) is 0 Å². The molecule has 5 rings (SSSR count). The highest BCUT2D eigenvalue weighted by molar-refractivity contribution is 7.19. The third-order valence-corrected chi connectivity index (χ3v) is 8.75. The van der Waals surface area contributed by atoms with Crippen molar-refractivity contribution in [3.8, 4) is 17.0 Å². The van der Waals surface area contributed by atoms with E-state index in [9.17, 15) is 13.6 Å². The SMILES string of the molecule is Cc1cc2cc(OC(F)F)c(-c3c(NC(=O)c4cnn5cccnc45)cnn3COCC[Si](C)(C)C)cc2s1. The summed E-state index contributed by atoms with van der Waals surface area (Å²) in [5, 5.41) is 12.3. The number of aromatic nitrogens is 5. The number of nitrogens with one attached hydrogen (secondary N) is 1. The molecule has 0 radical (unpaired) electrons. The molecule has 0 aliphatic carbocycles. The van der Waals surface area contributed by atoms with Crippen molar-refractivity contribution >= 4 is 46.7 Å². The van der Waals surface area contributed by atoms with Gasteiger partial charge in [-0.2, -0.15) is 19.0 Å². The lowest BCUT2D eigenvalue weighted by molar-refractivity contribution is -0.0494. The maximum Gasteiger partial charge on any atom is 0.387 e. The number of carbonyl (C=O) groups excluding carboxylic acids is 1. The molecular weight excluding hydrogens is 542 g/mol. The van der Waals surface area contributed by atoms with Crippen LogP contribution in [0, 0.1) is 6.92 Å². The second-order valence-corrected chi connectivity index (χ2v) is 17.2. The quantitative estimate of drug-likeness (QED) is 0.157. The number of thiophene rings is 1. The first kappa shape index (κ1) is 26.9. The van der Waals surface area contributed by atoms with Gasteiger partial charge < -0.3 is 14.8 Å². The summed E-state index contributed by atoms with van der Waals surface area (Å²) in [6, 6.07) is 7.95. The number of anilines is 1. The molecule has 0 fully saturated rings. The normalized spacial score (nSPS) is 12.1. The summed E-state index contributed by atoms with van der Waals surface area (Å²) in [5.74, 6) is -0.485. The molecule has 1 N–H and O–H groups in total. The first-order valence-electron chi connectivity index (χ1n) is 12.3. The molecule has 4 heterocycles. The summed E-state index contributed by atoms with van der Waals surface area (Å²) in [6.07, 6.45) is 6.16. The second-order valence-electron chi connectivity index (χ2n) is 10.3. The maximum atomic E-state index is 13.5. The molecule has 4 aromatic heterocycles. The molecule has 0 atom stereocenters. The van der Waals surface area contributed by atoms with Gasteiger partial charge in [-0.3, -0.25) is 4.79 Å². The lowest BCUT2D eigenvalue weighted by Gasteiger charge is -2.17. The van der Waals surface area contributed by atoms with Crippen LogP contribution in [0.15, 0.2) is 49.1 Å². The van der Waals surface area contributed by atoms with Crippen LogP contribution in [0.3, 0.4) is 0 Å². The van der Waals surface area contributed by atoms with Gasteiger partial charge in [0.2, 0.25) is 0 Å². The summed E-state index contributed by atoms with van der Waals surface area (Å²) < 4.78 is 41.8. The van der Waals surface area contributed by atoms with Crippen molar-refractivity contribution in [2.75, 3.05) is 11.9 Å². The third kappa shape index (κ3) is 6.00. The first-order valence-corrected chi connectivity index (χ1v) is 16.8. The minimum absolute atomic E-state index is 0.0210. The van der Waals surface area contributed by atoms with E-state index in [1.165, 1.54) is 28.2 Å². The van der Waals surface area contributed by atoms with Crippen LogP contribution in [-0.4, -0.2) is 51.6 Å². The van der Waals surface area contributed by atoms with E-state index in [-0.39, 0.29) is 18.0 Å². The molecule has 0 unspecified atom stereocenters. The van der Waals surface area contributed by atoms with Crippen LogP contribution < -0.4 is 10.1 Å². The van der Waals surface area contributed by atoms with Gasteiger partial charge in [0.15, 0.2) is 5.65 Å². The lowest BCUT2D eigenvalue weighted by Crippen LogP contribution is -2.22. The van der Waals surface area contributed by atoms with Gasteiger partial charge in [0.25, 0.3) is 5.91 Å². The van der Waals surface area contributed by atoms with E-state index in [2.05, 4.69) is 40.1 Å². The average Bonchev–Trinajstić information content (AvgIpc) is 3.56. The van der Waals surface area contributed by atoms with Crippen molar-refractivity contribution < 1.29 is 23.0 Å². The lowest BCUT2D eigenvalue weighted by atomic mass is 10.1. The van der Waals surface area contributed by atoms with Crippen LogP contribution in [0.4, 0.5) is 14.5 Å². The van der Waals surface area contributed by atoms with Crippen molar-refractivity contribution in [3.63, 3.8) is 0 Å². The summed E-state index contributed by atoms with van der Waals surface area (Å²) >= 11 is 1.53. The largest absolute Gasteiger partial charge is 0.434 e. The second kappa shape index (κ2) is 10.8. The topological polar surface area (TPSA) is 95.6 Å². The van der Waals surface area contributed by atoms with Gasteiger partial charge in [0, 0.05) is 42.2 Å². The summed E-state index contributed by atoms with van der Waals surface area (Å²) in [5.41, 5.74) is 1.72. The zero-order valence-corrected chi connectivity index (χ0v) is 23.8. The summed E-state index contributed by atoms with van der Waals surface area (Å²) in [4.78, 5) is 18.6. The number of fused-ring (bicyclic) bond motifs is 2. The minimum atomic E-state index is -3.03. The molecule has 0 aliphatic heterocycles. The van der Waals surface area contributed by atoms with E-state index in [1.807, 2.05) is 13.0 Å². The van der Waals surface area contributed by atoms with Crippen LogP contribution in [0.1, 0.15) is 15.2 Å². The number of ether oxygens (including phenoxy) is 2. The van der Waals surface area contributed by atoms with E-state index < -0.39 is 20.6 Å². The minimum Gasteiger partial charge on any atom is -0.434 e. The van der Waals surface area contributed by atoms with E-state index in [0.29, 0.717) is 29.2 Å². The predicted molar refractivity (Wildman–Crippen MR) is 149 cm³/mol. The molecule has 0 saturated carbocycles. The number of hydrogen-bond acceptors (Lipinski definition) is 7. The number of carbonyl (C=O) groups is 1. The van der Waals surface area contributed by atoms with E-state index in [0.717, 1.165) is 21.0 Å². The van der Waals surface area contributed by atoms with Crippen molar-refractivity contribution in [1.82, 2.24) is 24.4 Å². The first-order chi connectivity index (χ1) is 18.6. The summed E-state index contributed by atoms with van der Waals surface area (Å²) in [7, 11) is -1.33. The Kier molecular flexibility index (Phi) is 7.47. The Morgan fingerprint density at radius 3 is 2.77 bits per heavy atom. The Bertz CT molecular complexity index is 1640. The molecule has 0 bridgehead atoms. The smallest absolute Gasteiger partial charge is 0.387 e. The van der Waals surface area contributed by atoms with E-state index >= 15 is 0 Å². The van der Waals surface area contributed by atoms with Crippen LogP contribution in [0.25, 0.3) is 27.0 Å². The molecule has 13 heteroatoms. The van der Waals surface area contributed by atoms with Crippen LogP contribution in [-0.2, 0) is 11.5 Å². The third-order valence-electron chi connectivity index (χ3n) is 6.03. The van der Waals surface area contributed by atoms with E-state index in [4.69, 9.17) is 9.47 Å². The maximum absolute atomic E-state index is 13.5. The van der Waals surface area contributed by atoms with Gasteiger partial charge in [-0.05, 0) is 42.6 Å². The van der Waals surface area contributed by atoms with Crippen molar-refractivity contribution in [2.45, 2.75) is 46.0 Å². The molecule has 9 nitrogen and oxygen atoms in total. The number of rotatable bonds is 10. The molecule has 39 heavy (non-hydrogen) atoms. The Labute approximate surface area is 228 Å². The molecular formula is C26H28F2N6O3SSi. The Morgan fingerprint density at radius 1 is 1.18 bits per heavy atom. The van der Waals surface area contributed by atoms with Gasteiger partial charge in [-0.1, -0.05) is 19.6 Å². The number of alkyl halides is 2. The standard InChI is InChI=1S/C26H28F2N6O3SSi/c1-16-10-17-11-21(37-26(27)28)18(12-22(17)38-16)23-20(14-31-34(23)15-36-8-9-39(2,3)4)32-25(35)19-13-30-33-7-5-6-29-24(19)33/h5-7,10-14,26H,8-9,15H2,1-4H3,(H,32,35). The number of amides is 1. The Hall–Kier alpha value is -3.68. The highest BCUT2D eigenvalue weighted by Gasteiger charge is 2.24. The fraction of sp³-hybridized carbons (Fsp3) is 0.308. The number of hydrogen-bond donors (Lipinski definition) is 1.